The van der Waals surface area contributed by atoms with Crippen LogP contribution in [-0.2, 0) is 23.1 Å². The van der Waals surface area contributed by atoms with E-state index in [1.807, 2.05) is 12.1 Å². The molecule has 0 unspecified atom stereocenters. The van der Waals surface area contributed by atoms with Crippen LogP contribution in [0.3, 0.4) is 0 Å². The van der Waals surface area contributed by atoms with Crippen molar-refractivity contribution in [3.63, 3.8) is 0 Å². The minimum atomic E-state index is -3.50. The number of benzene rings is 2. The molecule has 0 spiro atoms. The average molecular weight is 484 g/mol. The smallest absolute Gasteiger partial charge is 0.242 e. The number of rotatable bonds is 6. The van der Waals surface area contributed by atoms with E-state index >= 15 is 0 Å². The van der Waals surface area contributed by atoms with Crippen LogP contribution in [0.5, 0.6) is 0 Å². The molecule has 1 aliphatic rings. The molecule has 2 aromatic carbocycles. The summed E-state index contributed by atoms with van der Waals surface area (Å²) in [7, 11) is -0.397. The van der Waals surface area contributed by atoms with Crippen LogP contribution >= 0.6 is 11.3 Å². The number of hydrogen-bond donors (Lipinski definition) is 0. The largest absolute Gasteiger partial charge is 0.327 e. The molecule has 0 radical (unpaired) electrons. The van der Waals surface area contributed by atoms with Crippen molar-refractivity contribution in [1.82, 2.24) is 23.7 Å². The first-order valence-corrected chi connectivity index (χ1v) is 13.7. The van der Waals surface area contributed by atoms with Gasteiger partial charge in [0.05, 0.1) is 38.7 Å². The molecule has 0 N–H and O–H groups in total. The summed E-state index contributed by atoms with van der Waals surface area (Å²) < 4.78 is 29.9. The minimum Gasteiger partial charge on any atom is -0.327 e. The monoisotopic (exact) mass is 483 g/mol. The van der Waals surface area contributed by atoms with Crippen LogP contribution < -0.4 is 0 Å². The fraction of sp³-hybridized carbons (Fsp3) is 0.417. The van der Waals surface area contributed by atoms with Gasteiger partial charge in [-0.1, -0.05) is 18.6 Å². The van der Waals surface area contributed by atoms with E-state index in [1.54, 1.807) is 37.6 Å². The standard InChI is InChI=1S/C24H29N5O2S2/c1-4-29-20-13-12-17(33(30,31)27(2)3)15-19(20)25-23(29)16-28-14-8-7-10-21(28)24-26-18-9-5-6-11-22(18)32-24/h5-6,9,11-13,15,21H,4,7-8,10,14,16H2,1-3H3/t21-/m1/s1. The molecule has 0 aliphatic carbocycles. The number of imidazole rings is 1. The lowest BCUT2D eigenvalue weighted by molar-refractivity contribution is 0.135. The Morgan fingerprint density at radius 3 is 2.67 bits per heavy atom. The highest BCUT2D eigenvalue weighted by Crippen LogP contribution is 2.36. The van der Waals surface area contributed by atoms with Gasteiger partial charge in [-0.25, -0.2) is 22.7 Å². The van der Waals surface area contributed by atoms with Crippen LogP contribution in [0.15, 0.2) is 47.4 Å². The number of sulfonamides is 1. The van der Waals surface area contributed by atoms with Gasteiger partial charge in [0.25, 0.3) is 0 Å². The van der Waals surface area contributed by atoms with Crippen LogP contribution in [0.1, 0.15) is 43.1 Å². The van der Waals surface area contributed by atoms with E-state index in [-0.39, 0.29) is 10.9 Å². The maximum atomic E-state index is 12.6. The first-order chi connectivity index (χ1) is 15.9. The van der Waals surface area contributed by atoms with Crippen molar-refractivity contribution in [3.8, 4) is 0 Å². The van der Waals surface area contributed by atoms with Crippen molar-refractivity contribution in [2.45, 2.75) is 50.2 Å². The maximum Gasteiger partial charge on any atom is 0.242 e. The van der Waals surface area contributed by atoms with Gasteiger partial charge in [-0.05, 0) is 56.6 Å². The fourth-order valence-electron chi connectivity index (χ4n) is 4.68. The fourth-order valence-corrected chi connectivity index (χ4v) is 6.74. The molecule has 9 heteroatoms. The summed E-state index contributed by atoms with van der Waals surface area (Å²) in [6.07, 6.45) is 3.46. The van der Waals surface area contributed by atoms with Crippen LogP contribution in [0.2, 0.25) is 0 Å². The normalized spacial score (nSPS) is 18.0. The third-order valence-corrected chi connectivity index (χ3v) is 9.40. The molecule has 3 heterocycles. The molecule has 1 fully saturated rings. The highest BCUT2D eigenvalue weighted by atomic mass is 32.2. The summed E-state index contributed by atoms with van der Waals surface area (Å²) in [5, 5.41) is 1.18. The van der Waals surface area contributed by atoms with Crippen LogP contribution in [0.4, 0.5) is 0 Å². The van der Waals surface area contributed by atoms with Crippen molar-refractivity contribution < 1.29 is 8.42 Å². The van der Waals surface area contributed by atoms with Crippen LogP contribution in [0.25, 0.3) is 21.3 Å². The quantitative estimate of drug-likeness (QED) is 0.399. The summed E-state index contributed by atoms with van der Waals surface area (Å²) >= 11 is 1.79. The van der Waals surface area contributed by atoms with E-state index in [1.165, 1.54) is 26.9 Å². The summed E-state index contributed by atoms with van der Waals surface area (Å²) in [5.74, 6) is 0.972. The number of hydrogen-bond acceptors (Lipinski definition) is 6. The number of likely N-dealkylation sites (tertiary alicyclic amines) is 1. The third kappa shape index (κ3) is 4.07. The van der Waals surface area contributed by atoms with E-state index in [4.69, 9.17) is 9.97 Å². The maximum absolute atomic E-state index is 12.6. The van der Waals surface area contributed by atoms with E-state index in [0.717, 1.165) is 48.4 Å². The Morgan fingerprint density at radius 1 is 1.09 bits per heavy atom. The van der Waals surface area contributed by atoms with E-state index in [9.17, 15) is 8.42 Å². The molecule has 0 bridgehead atoms. The molecule has 1 saturated heterocycles. The van der Waals surface area contributed by atoms with Gasteiger partial charge in [-0.15, -0.1) is 11.3 Å². The van der Waals surface area contributed by atoms with Gasteiger partial charge in [0.1, 0.15) is 10.8 Å². The predicted molar refractivity (Wildman–Crippen MR) is 133 cm³/mol. The molecule has 4 aromatic rings. The first kappa shape index (κ1) is 22.5. The molecule has 1 atom stereocenters. The molecule has 7 nitrogen and oxygen atoms in total. The predicted octanol–water partition coefficient (Wildman–Crippen LogP) is 4.64. The van der Waals surface area contributed by atoms with Crippen LogP contribution in [-0.4, -0.2) is 52.8 Å². The second-order valence-corrected chi connectivity index (χ2v) is 11.9. The van der Waals surface area contributed by atoms with Crippen molar-refractivity contribution >= 4 is 42.6 Å². The van der Waals surface area contributed by atoms with Crippen molar-refractivity contribution in [2.75, 3.05) is 20.6 Å². The molecule has 174 valence electrons. The summed E-state index contributed by atoms with van der Waals surface area (Å²) in [5.41, 5.74) is 2.76. The number of aromatic nitrogens is 3. The number of nitrogens with zero attached hydrogens (tertiary/aromatic N) is 5. The Morgan fingerprint density at radius 2 is 1.91 bits per heavy atom. The SMILES string of the molecule is CCn1c(CN2CCCC[C@@H]2c2nc3ccccc3s2)nc2cc(S(=O)(=O)N(C)C)ccc21. The lowest BCUT2D eigenvalue weighted by Gasteiger charge is -2.34. The Balaban J connectivity index is 1.50. The van der Waals surface area contributed by atoms with Gasteiger partial charge in [0.2, 0.25) is 10.0 Å². The topological polar surface area (TPSA) is 71.3 Å². The van der Waals surface area contributed by atoms with Gasteiger partial charge in [-0.2, -0.15) is 0 Å². The number of para-hydroxylation sites is 1. The van der Waals surface area contributed by atoms with Gasteiger partial charge in [0.15, 0.2) is 0 Å². The lowest BCUT2D eigenvalue weighted by Crippen LogP contribution is -2.33. The molecule has 5 rings (SSSR count). The van der Waals surface area contributed by atoms with Gasteiger partial charge < -0.3 is 4.57 Å². The molecular weight excluding hydrogens is 454 g/mol. The van der Waals surface area contributed by atoms with E-state index < -0.39 is 10.0 Å². The zero-order valence-electron chi connectivity index (χ0n) is 19.2. The molecule has 0 saturated carbocycles. The number of aryl methyl sites for hydroxylation is 1. The summed E-state index contributed by atoms with van der Waals surface area (Å²) in [4.78, 5) is 12.6. The Kier molecular flexibility index (Phi) is 5.98. The van der Waals surface area contributed by atoms with Gasteiger partial charge in [0, 0.05) is 20.6 Å². The van der Waals surface area contributed by atoms with Crippen LogP contribution in [0, 0.1) is 0 Å². The van der Waals surface area contributed by atoms with E-state index in [2.05, 4.69) is 34.6 Å². The van der Waals surface area contributed by atoms with E-state index in [0.29, 0.717) is 0 Å². The molecule has 1 aliphatic heterocycles. The minimum absolute atomic E-state index is 0.276. The zero-order chi connectivity index (χ0) is 23.2. The zero-order valence-corrected chi connectivity index (χ0v) is 20.9. The number of piperidine rings is 1. The summed E-state index contributed by atoms with van der Waals surface area (Å²) in [6, 6.07) is 13.9. The van der Waals surface area contributed by atoms with Gasteiger partial charge in [-0.3, -0.25) is 4.90 Å². The molecular formula is C24H29N5O2S2. The molecule has 0 amide bonds. The number of fused-ring (bicyclic) bond motifs is 2. The van der Waals surface area contributed by atoms with Crippen molar-refractivity contribution in [1.29, 1.82) is 0 Å². The highest BCUT2D eigenvalue weighted by molar-refractivity contribution is 7.89. The second-order valence-electron chi connectivity index (χ2n) is 8.71. The van der Waals surface area contributed by atoms with Crippen molar-refractivity contribution in [3.05, 3.63) is 53.3 Å². The average Bonchev–Trinajstić information content (AvgIpc) is 3.39. The van der Waals surface area contributed by atoms with Gasteiger partial charge >= 0.3 is 0 Å². The Hall–Kier alpha value is -2.33. The Labute approximate surface area is 198 Å². The molecule has 2 aromatic heterocycles. The summed E-state index contributed by atoms with van der Waals surface area (Å²) in [6.45, 7) is 4.62. The second kappa shape index (κ2) is 8.79. The highest BCUT2D eigenvalue weighted by Gasteiger charge is 2.28. The first-order valence-electron chi connectivity index (χ1n) is 11.4. The van der Waals surface area contributed by atoms with Crippen molar-refractivity contribution in [2.24, 2.45) is 0 Å². The molecule has 33 heavy (non-hydrogen) atoms. The Bertz CT molecular complexity index is 1370. The lowest BCUT2D eigenvalue weighted by atomic mass is 10.0. The third-order valence-electron chi connectivity index (χ3n) is 6.45. The number of thiazole rings is 1.